The van der Waals surface area contributed by atoms with Crippen LogP contribution < -0.4 is 5.32 Å². The molecule has 0 aliphatic carbocycles. The minimum absolute atomic E-state index is 0.278. The first kappa shape index (κ1) is 15.9. The molecule has 1 aromatic carbocycles. The molecule has 0 saturated heterocycles. The number of amides is 1. The number of carbonyl (C=O) groups excluding carboxylic acids is 1. The van der Waals surface area contributed by atoms with E-state index in [1.807, 2.05) is 0 Å². The summed E-state index contributed by atoms with van der Waals surface area (Å²) in [4.78, 5) is 11.8. The third-order valence-corrected chi connectivity index (χ3v) is 4.00. The van der Waals surface area contributed by atoms with Gasteiger partial charge in [-0.05, 0) is 30.2 Å². The quantitative estimate of drug-likeness (QED) is 0.817. The summed E-state index contributed by atoms with van der Waals surface area (Å²) >= 11 is 13.2. The summed E-state index contributed by atoms with van der Waals surface area (Å²) in [6, 6.07) is 5.09. The molecular formula is C14H13Cl2N3OS. The molecule has 2 rings (SSSR count). The molecule has 21 heavy (non-hydrogen) atoms. The van der Waals surface area contributed by atoms with Gasteiger partial charge in [-0.25, -0.2) is 0 Å². The zero-order valence-electron chi connectivity index (χ0n) is 11.3. The van der Waals surface area contributed by atoms with Gasteiger partial charge in [-0.2, -0.15) is 0 Å². The van der Waals surface area contributed by atoms with Crippen LogP contribution in [0.15, 0.2) is 24.3 Å². The molecule has 0 aliphatic heterocycles. The Morgan fingerprint density at radius 1 is 1.38 bits per heavy atom. The van der Waals surface area contributed by atoms with Crippen molar-refractivity contribution in [3.05, 3.63) is 44.9 Å². The number of nitrogens with one attached hydrogen (secondary N) is 1. The van der Waals surface area contributed by atoms with Crippen molar-refractivity contribution in [3.8, 4) is 0 Å². The van der Waals surface area contributed by atoms with Crippen molar-refractivity contribution in [2.45, 2.75) is 19.8 Å². The van der Waals surface area contributed by atoms with Crippen molar-refractivity contribution in [1.82, 2.24) is 10.2 Å². The van der Waals surface area contributed by atoms with Crippen LogP contribution in [0.3, 0.4) is 0 Å². The van der Waals surface area contributed by atoms with Gasteiger partial charge < -0.3 is 0 Å². The van der Waals surface area contributed by atoms with Gasteiger partial charge in [0.25, 0.3) is 0 Å². The minimum atomic E-state index is -0.278. The van der Waals surface area contributed by atoms with Gasteiger partial charge in [0.15, 0.2) is 0 Å². The Kier molecular flexibility index (Phi) is 5.73. The highest BCUT2D eigenvalue weighted by molar-refractivity contribution is 7.15. The summed E-state index contributed by atoms with van der Waals surface area (Å²) in [6.45, 7) is 2.07. The van der Waals surface area contributed by atoms with Crippen LogP contribution in [-0.4, -0.2) is 16.1 Å². The van der Waals surface area contributed by atoms with E-state index in [0.29, 0.717) is 15.2 Å². The number of aryl methyl sites for hydroxylation is 1. The van der Waals surface area contributed by atoms with E-state index in [9.17, 15) is 4.79 Å². The van der Waals surface area contributed by atoms with Gasteiger partial charge in [0.05, 0.1) is 0 Å². The average molecular weight is 342 g/mol. The number of hydrogen-bond donors (Lipinski definition) is 1. The van der Waals surface area contributed by atoms with Crippen LogP contribution in [0.5, 0.6) is 0 Å². The van der Waals surface area contributed by atoms with Gasteiger partial charge in [0.2, 0.25) is 11.0 Å². The van der Waals surface area contributed by atoms with Crippen LogP contribution in [0.4, 0.5) is 5.13 Å². The Hall–Kier alpha value is -1.43. The number of anilines is 1. The first-order valence-electron chi connectivity index (χ1n) is 6.35. The number of rotatable bonds is 5. The molecule has 0 saturated carbocycles. The van der Waals surface area contributed by atoms with Crippen LogP contribution >= 0.6 is 34.5 Å². The van der Waals surface area contributed by atoms with Gasteiger partial charge in [0, 0.05) is 22.5 Å². The fraction of sp³-hybridized carbons (Fsp3) is 0.214. The predicted molar refractivity (Wildman–Crippen MR) is 88.0 cm³/mol. The monoisotopic (exact) mass is 341 g/mol. The Morgan fingerprint density at radius 3 is 2.90 bits per heavy atom. The topological polar surface area (TPSA) is 54.9 Å². The largest absolute Gasteiger partial charge is 0.297 e. The highest BCUT2D eigenvalue weighted by Crippen LogP contribution is 2.22. The summed E-state index contributed by atoms with van der Waals surface area (Å²) in [5.41, 5.74) is 0.722. The zero-order chi connectivity index (χ0) is 15.2. The van der Waals surface area contributed by atoms with Crippen LogP contribution in [0.1, 0.15) is 23.9 Å². The van der Waals surface area contributed by atoms with E-state index in [1.54, 1.807) is 24.3 Å². The SMILES string of the molecule is CCCc1nnc(NC(=O)/C=C/c2ccc(Cl)cc2Cl)s1. The molecule has 1 amide bonds. The van der Waals surface area contributed by atoms with Gasteiger partial charge >= 0.3 is 0 Å². The lowest BCUT2D eigenvalue weighted by molar-refractivity contribution is -0.111. The average Bonchev–Trinajstić information content (AvgIpc) is 2.85. The van der Waals surface area contributed by atoms with Crippen molar-refractivity contribution in [2.75, 3.05) is 5.32 Å². The number of nitrogens with zero attached hydrogens (tertiary/aromatic N) is 2. The second kappa shape index (κ2) is 7.54. The maximum atomic E-state index is 11.8. The lowest BCUT2D eigenvalue weighted by atomic mass is 10.2. The van der Waals surface area contributed by atoms with Crippen molar-refractivity contribution in [2.24, 2.45) is 0 Å². The number of hydrogen-bond acceptors (Lipinski definition) is 4. The first-order chi connectivity index (χ1) is 10.1. The summed E-state index contributed by atoms with van der Waals surface area (Å²) in [6.07, 6.45) is 4.89. The van der Waals surface area contributed by atoms with Crippen molar-refractivity contribution < 1.29 is 4.79 Å². The summed E-state index contributed by atoms with van der Waals surface area (Å²) in [5, 5.41) is 13.0. The molecule has 7 heteroatoms. The van der Waals surface area contributed by atoms with E-state index in [1.165, 1.54) is 17.4 Å². The first-order valence-corrected chi connectivity index (χ1v) is 7.92. The van der Waals surface area contributed by atoms with E-state index in [2.05, 4.69) is 22.4 Å². The Morgan fingerprint density at radius 2 is 2.19 bits per heavy atom. The van der Waals surface area contributed by atoms with Gasteiger partial charge in [-0.1, -0.05) is 47.5 Å². The Balaban J connectivity index is 1.98. The van der Waals surface area contributed by atoms with Crippen LogP contribution in [0.25, 0.3) is 6.08 Å². The third kappa shape index (κ3) is 4.81. The number of halogens is 2. The summed E-state index contributed by atoms with van der Waals surface area (Å²) in [7, 11) is 0. The van der Waals surface area contributed by atoms with Gasteiger partial charge in [0.1, 0.15) is 5.01 Å². The molecule has 0 atom stereocenters. The maximum absolute atomic E-state index is 11.8. The van der Waals surface area contributed by atoms with E-state index < -0.39 is 0 Å². The van der Waals surface area contributed by atoms with Crippen LogP contribution in [0.2, 0.25) is 10.0 Å². The molecule has 4 nitrogen and oxygen atoms in total. The van der Waals surface area contributed by atoms with Crippen LogP contribution in [-0.2, 0) is 11.2 Å². The van der Waals surface area contributed by atoms with E-state index >= 15 is 0 Å². The molecule has 2 aromatic rings. The molecule has 0 bridgehead atoms. The van der Waals surface area contributed by atoms with Crippen molar-refractivity contribution in [3.63, 3.8) is 0 Å². The Labute approximate surface area is 136 Å². The molecule has 0 spiro atoms. The van der Waals surface area contributed by atoms with E-state index in [0.717, 1.165) is 23.4 Å². The molecule has 1 N–H and O–H groups in total. The minimum Gasteiger partial charge on any atom is -0.297 e. The molecule has 0 fully saturated rings. The summed E-state index contributed by atoms with van der Waals surface area (Å²) in [5.74, 6) is -0.278. The summed E-state index contributed by atoms with van der Waals surface area (Å²) < 4.78 is 0. The van der Waals surface area contributed by atoms with E-state index in [-0.39, 0.29) is 5.91 Å². The fourth-order valence-corrected chi connectivity index (χ4v) is 2.88. The van der Waals surface area contributed by atoms with Crippen LogP contribution in [0, 0.1) is 0 Å². The van der Waals surface area contributed by atoms with Crippen molar-refractivity contribution in [1.29, 1.82) is 0 Å². The van der Waals surface area contributed by atoms with Gasteiger partial charge in [-0.15, -0.1) is 10.2 Å². The number of carbonyl (C=O) groups is 1. The molecular weight excluding hydrogens is 329 g/mol. The van der Waals surface area contributed by atoms with E-state index in [4.69, 9.17) is 23.2 Å². The molecule has 1 heterocycles. The predicted octanol–water partition coefficient (Wildman–Crippen LogP) is 4.45. The second-order valence-electron chi connectivity index (χ2n) is 4.24. The molecule has 1 aromatic heterocycles. The molecule has 0 unspecified atom stereocenters. The normalized spacial score (nSPS) is 11.0. The fourth-order valence-electron chi connectivity index (χ4n) is 1.57. The third-order valence-electron chi connectivity index (χ3n) is 2.54. The lowest BCUT2D eigenvalue weighted by Crippen LogP contribution is -2.07. The highest BCUT2D eigenvalue weighted by atomic mass is 35.5. The van der Waals surface area contributed by atoms with Crippen molar-refractivity contribution >= 4 is 51.7 Å². The Bertz CT molecular complexity index is 670. The number of benzene rings is 1. The highest BCUT2D eigenvalue weighted by Gasteiger charge is 2.05. The number of aromatic nitrogens is 2. The molecule has 0 aliphatic rings. The molecule has 110 valence electrons. The second-order valence-corrected chi connectivity index (χ2v) is 6.15. The smallest absolute Gasteiger partial charge is 0.250 e. The zero-order valence-corrected chi connectivity index (χ0v) is 13.6. The standard InChI is InChI=1S/C14H13Cl2N3OS/c1-2-3-13-18-19-14(21-13)17-12(20)7-5-9-4-6-10(15)8-11(9)16/h4-8H,2-3H2,1H3,(H,17,19,20)/b7-5+. The maximum Gasteiger partial charge on any atom is 0.250 e. The lowest BCUT2D eigenvalue weighted by Gasteiger charge is -1.99. The molecule has 0 radical (unpaired) electrons. The van der Waals surface area contributed by atoms with Gasteiger partial charge in [-0.3, -0.25) is 10.1 Å².